The molecule has 1 amide bonds. The zero-order valence-corrected chi connectivity index (χ0v) is 12.7. The van der Waals surface area contributed by atoms with E-state index in [1.165, 1.54) is 0 Å². The van der Waals surface area contributed by atoms with Gasteiger partial charge in [-0.05, 0) is 30.5 Å². The molecule has 0 radical (unpaired) electrons. The van der Waals surface area contributed by atoms with Crippen LogP contribution in [0.15, 0.2) is 24.3 Å². The lowest BCUT2D eigenvalue weighted by molar-refractivity contribution is -0.124. The Hall–Kier alpha value is -1.10. The van der Waals surface area contributed by atoms with E-state index >= 15 is 0 Å². The van der Waals surface area contributed by atoms with Gasteiger partial charge < -0.3 is 15.8 Å². The van der Waals surface area contributed by atoms with Crippen LogP contribution in [0.25, 0.3) is 0 Å². The SMILES string of the molecule is COCc1cccc(NC(=O)C2(CN)CCCC2)c1.Cl. The van der Waals surface area contributed by atoms with Crippen LogP contribution >= 0.6 is 12.4 Å². The fourth-order valence-corrected chi connectivity index (χ4v) is 2.74. The van der Waals surface area contributed by atoms with Crippen molar-refractivity contribution in [2.75, 3.05) is 19.0 Å². The summed E-state index contributed by atoms with van der Waals surface area (Å²) in [5.41, 5.74) is 7.32. The summed E-state index contributed by atoms with van der Waals surface area (Å²) in [5.74, 6) is 0.0575. The summed E-state index contributed by atoms with van der Waals surface area (Å²) in [5, 5.41) is 3.00. The lowest BCUT2D eigenvalue weighted by atomic mass is 9.85. The highest BCUT2D eigenvalue weighted by Crippen LogP contribution is 2.38. The maximum atomic E-state index is 12.4. The molecule has 20 heavy (non-hydrogen) atoms. The molecule has 112 valence electrons. The average Bonchev–Trinajstić information content (AvgIpc) is 2.89. The molecule has 0 atom stereocenters. The second-order valence-electron chi connectivity index (χ2n) is 5.28. The van der Waals surface area contributed by atoms with E-state index in [1.54, 1.807) is 7.11 Å². The summed E-state index contributed by atoms with van der Waals surface area (Å²) in [6.07, 6.45) is 3.98. The Bertz CT molecular complexity index is 445. The van der Waals surface area contributed by atoms with Gasteiger partial charge in [-0.1, -0.05) is 25.0 Å². The maximum absolute atomic E-state index is 12.4. The molecule has 0 aromatic heterocycles. The minimum atomic E-state index is -0.364. The number of halogens is 1. The van der Waals surface area contributed by atoms with Crippen molar-refractivity contribution >= 4 is 24.0 Å². The van der Waals surface area contributed by atoms with Gasteiger partial charge in [0.05, 0.1) is 12.0 Å². The van der Waals surface area contributed by atoms with E-state index in [0.29, 0.717) is 13.2 Å². The summed E-state index contributed by atoms with van der Waals surface area (Å²) in [6, 6.07) is 7.75. The largest absolute Gasteiger partial charge is 0.380 e. The average molecular weight is 299 g/mol. The first kappa shape index (κ1) is 17.0. The second-order valence-corrected chi connectivity index (χ2v) is 5.28. The summed E-state index contributed by atoms with van der Waals surface area (Å²) < 4.78 is 5.10. The number of amides is 1. The predicted octanol–water partition coefficient (Wildman–Crippen LogP) is 2.71. The number of hydrogen-bond donors (Lipinski definition) is 2. The van der Waals surface area contributed by atoms with Gasteiger partial charge in [-0.25, -0.2) is 0 Å². The molecule has 5 heteroatoms. The molecule has 4 nitrogen and oxygen atoms in total. The Morgan fingerprint density at radius 2 is 2.10 bits per heavy atom. The van der Waals surface area contributed by atoms with Crippen LogP contribution in [0.3, 0.4) is 0 Å². The van der Waals surface area contributed by atoms with Crippen LogP contribution in [-0.2, 0) is 16.1 Å². The molecule has 3 N–H and O–H groups in total. The third kappa shape index (κ3) is 3.72. The smallest absolute Gasteiger partial charge is 0.231 e. The number of carbonyl (C=O) groups excluding carboxylic acids is 1. The molecule has 0 saturated heterocycles. The third-order valence-electron chi connectivity index (χ3n) is 3.93. The van der Waals surface area contributed by atoms with Crippen LogP contribution in [-0.4, -0.2) is 19.6 Å². The molecule has 0 bridgehead atoms. The number of carbonyl (C=O) groups is 1. The Labute approximate surface area is 126 Å². The van der Waals surface area contributed by atoms with E-state index < -0.39 is 0 Å². The zero-order valence-electron chi connectivity index (χ0n) is 11.9. The number of ether oxygens (including phenoxy) is 1. The predicted molar refractivity (Wildman–Crippen MR) is 83.0 cm³/mol. The molecule has 1 fully saturated rings. The molecule has 0 aliphatic heterocycles. The van der Waals surface area contributed by atoms with E-state index in [9.17, 15) is 4.79 Å². The summed E-state index contributed by atoms with van der Waals surface area (Å²) in [6.45, 7) is 0.975. The molecule has 0 spiro atoms. The van der Waals surface area contributed by atoms with E-state index in [1.807, 2.05) is 24.3 Å². The van der Waals surface area contributed by atoms with E-state index in [-0.39, 0.29) is 23.7 Å². The standard InChI is InChI=1S/C15H22N2O2.ClH/c1-19-10-12-5-4-6-13(9-12)17-14(18)15(11-16)7-2-3-8-15;/h4-6,9H,2-3,7-8,10-11,16H2,1H3,(H,17,18);1H. The fraction of sp³-hybridized carbons (Fsp3) is 0.533. The number of benzene rings is 1. The van der Waals surface area contributed by atoms with Crippen molar-refractivity contribution in [1.29, 1.82) is 0 Å². The van der Waals surface area contributed by atoms with Gasteiger partial charge in [-0.2, -0.15) is 0 Å². The normalized spacial score (nSPS) is 16.5. The first-order valence-corrected chi connectivity index (χ1v) is 6.79. The Balaban J connectivity index is 0.00000200. The minimum Gasteiger partial charge on any atom is -0.380 e. The molecular formula is C15H23ClN2O2. The van der Waals surface area contributed by atoms with Gasteiger partial charge in [0.25, 0.3) is 0 Å². The van der Waals surface area contributed by atoms with E-state index in [4.69, 9.17) is 10.5 Å². The van der Waals surface area contributed by atoms with Crippen molar-refractivity contribution in [3.8, 4) is 0 Å². The Morgan fingerprint density at radius 3 is 2.70 bits per heavy atom. The lowest BCUT2D eigenvalue weighted by Gasteiger charge is -2.25. The van der Waals surface area contributed by atoms with Crippen LogP contribution < -0.4 is 11.1 Å². The number of nitrogens with two attached hydrogens (primary N) is 1. The minimum absolute atomic E-state index is 0. The maximum Gasteiger partial charge on any atom is 0.231 e. The number of hydrogen-bond acceptors (Lipinski definition) is 3. The summed E-state index contributed by atoms with van der Waals surface area (Å²) in [4.78, 5) is 12.4. The molecule has 1 aliphatic carbocycles. The van der Waals surface area contributed by atoms with Crippen molar-refractivity contribution in [3.05, 3.63) is 29.8 Å². The van der Waals surface area contributed by atoms with Gasteiger partial charge in [-0.3, -0.25) is 4.79 Å². The highest BCUT2D eigenvalue weighted by atomic mass is 35.5. The monoisotopic (exact) mass is 298 g/mol. The third-order valence-corrected chi connectivity index (χ3v) is 3.93. The number of anilines is 1. The van der Waals surface area contributed by atoms with Crippen molar-refractivity contribution in [1.82, 2.24) is 0 Å². The van der Waals surface area contributed by atoms with Crippen molar-refractivity contribution in [2.24, 2.45) is 11.1 Å². The molecule has 0 heterocycles. The quantitative estimate of drug-likeness (QED) is 0.878. The van der Waals surface area contributed by atoms with Gasteiger partial charge in [0.1, 0.15) is 0 Å². The van der Waals surface area contributed by atoms with Gasteiger partial charge in [0.2, 0.25) is 5.91 Å². The highest BCUT2D eigenvalue weighted by Gasteiger charge is 2.39. The number of nitrogens with one attached hydrogen (secondary N) is 1. The summed E-state index contributed by atoms with van der Waals surface area (Å²) in [7, 11) is 1.66. The van der Waals surface area contributed by atoms with Gasteiger partial charge in [0, 0.05) is 19.3 Å². The van der Waals surface area contributed by atoms with Gasteiger partial charge in [-0.15, -0.1) is 12.4 Å². The molecule has 1 saturated carbocycles. The first-order chi connectivity index (χ1) is 9.20. The van der Waals surface area contributed by atoms with Crippen molar-refractivity contribution in [3.63, 3.8) is 0 Å². The Kier molecular flexibility index (Phi) is 6.46. The lowest BCUT2D eigenvalue weighted by Crippen LogP contribution is -2.40. The fourth-order valence-electron chi connectivity index (χ4n) is 2.74. The van der Waals surface area contributed by atoms with Gasteiger partial charge in [0.15, 0.2) is 0 Å². The zero-order chi connectivity index (χ0) is 13.7. The van der Waals surface area contributed by atoms with Crippen LogP contribution in [0, 0.1) is 5.41 Å². The van der Waals surface area contributed by atoms with Crippen LogP contribution in [0.4, 0.5) is 5.69 Å². The first-order valence-electron chi connectivity index (χ1n) is 6.79. The van der Waals surface area contributed by atoms with E-state index in [0.717, 1.165) is 36.9 Å². The van der Waals surface area contributed by atoms with Gasteiger partial charge >= 0.3 is 0 Å². The number of methoxy groups -OCH3 is 1. The van der Waals surface area contributed by atoms with Crippen molar-refractivity contribution in [2.45, 2.75) is 32.3 Å². The topological polar surface area (TPSA) is 64.3 Å². The van der Waals surface area contributed by atoms with Crippen molar-refractivity contribution < 1.29 is 9.53 Å². The molecule has 1 aromatic carbocycles. The van der Waals surface area contributed by atoms with Crippen LogP contribution in [0.5, 0.6) is 0 Å². The molecule has 1 aromatic rings. The summed E-state index contributed by atoms with van der Waals surface area (Å²) >= 11 is 0. The number of rotatable bonds is 5. The van der Waals surface area contributed by atoms with E-state index in [2.05, 4.69) is 5.32 Å². The molecule has 1 aliphatic rings. The van der Waals surface area contributed by atoms with Crippen LogP contribution in [0.2, 0.25) is 0 Å². The second kappa shape index (κ2) is 7.62. The highest BCUT2D eigenvalue weighted by molar-refractivity contribution is 5.95. The molecule has 0 unspecified atom stereocenters. The molecular weight excluding hydrogens is 276 g/mol. The Morgan fingerprint density at radius 1 is 1.40 bits per heavy atom. The molecule has 2 rings (SSSR count). The van der Waals surface area contributed by atoms with Crippen LogP contribution in [0.1, 0.15) is 31.2 Å².